The first-order valence-electron chi connectivity index (χ1n) is 4.61. The van der Waals surface area contributed by atoms with Crippen LogP contribution in [0.4, 0.5) is 5.69 Å². The number of ether oxygens (including phenoxy) is 1. The number of aryl methyl sites for hydroxylation is 1. The zero-order valence-electron chi connectivity index (χ0n) is 8.82. The molecule has 0 aromatic heterocycles. The summed E-state index contributed by atoms with van der Waals surface area (Å²) in [6.07, 6.45) is 0.436. The highest BCUT2D eigenvalue weighted by Crippen LogP contribution is 2.34. The van der Waals surface area contributed by atoms with Gasteiger partial charge in [0.2, 0.25) is 5.75 Å². The normalized spacial score (nSPS) is 9.94. The van der Waals surface area contributed by atoms with Crippen LogP contribution in [0.5, 0.6) is 5.75 Å². The maximum absolute atomic E-state index is 10.9. The van der Waals surface area contributed by atoms with Crippen LogP contribution < -0.4 is 4.74 Å². The van der Waals surface area contributed by atoms with Gasteiger partial charge < -0.3 is 4.74 Å². The van der Waals surface area contributed by atoms with E-state index in [1.54, 1.807) is 6.92 Å². The van der Waals surface area contributed by atoms with Crippen molar-refractivity contribution < 1.29 is 14.5 Å². The lowest BCUT2D eigenvalue weighted by atomic mass is 10.1. The smallest absolute Gasteiger partial charge is 0.314 e. The van der Waals surface area contributed by atoms with Crippen molar-refractivity contribution >= 4 is 23.3 Å². The molecule has 1 aromatic rings. The molecule has 0 amide bonds. The zero-order chi connectivity index (χ0) is 12.3. The Hall–Kier alpha value is -1.62. The van der Waals surface area contributed by atoms with E-state index in [-0.39, 0.29) is 11.4 Å². The number of rotatable bonds is 3. The number of benzene rings is 1. The molecule has 5 nitrogen and oxygen atoms in total. The van der Waals surface area contributed by atoms with Crippen molar-refractivity contribution in [1.82, 2.24) is 0 Å². The maximum atomic E-state index is 10.9. The van der Waals surface area contributed by atoms with E-state index in [2.05, 4.69) is 0 Å². The molecule has 1 aromatic carbocycles. The third-order valence-corrected chi connectivity index (χ3v) is 2.15. The van der Waals surface area contributed by atoms with E-state index >= 15 is 0 Å². The standard InChI is InChI=1S/C10H10ClNO4/c1-3-7-4-8(11)5-9(16-6(2)13)10(7)12(14)15/h4-5H,3H2,1-2H3. The second kappa shape index (κ2) is 4.94. The molecule has 16 heavy (non-hydrogen) atoms. The SMILES string of the molecule is CCc1cc(Cl)cc(OC(C)=O)c1[N+](=O)[O-]. The van der Waals surface area contributed by atoms with E-state index in [0.717, 1.165) is 0 Å². The van der Waals surface area contributed by atoms with Gasteiger partial charge in [0.05, 0.1) is 4.92 Å². The van der Waals surface area contributed by atoms with Gasteiger partial charge in [0.25, 0.3) is 0 Å². The van der Waals surface area contributed by atoms with Gasteiger partial charge >= 0.3 is 11.7 Å². The van der Waals surface area contributed by atoms with Crippen molar-refractivity contribution in [3.63, 3.8) is 0 Å². The molecule has 0 aliphatic carbocycles. The van der Waals surface area contributed by atoms with E-state index in [4.69, 9.17) is 16.3 Å². The average molecular weight is 244 g/mol. The minimum absolute atomic E-state index is 0.109. The molecule has 0 saturated carbocycles. The molecule has 0 unspecified atom stereocenters. The van der Waals surface area contributed by atoms with Gasteiger partial charge in [-0.15, -0.1) is 0 Å². The third-order valence-electron chi connectivity index (χ3n) is 1.94. The fourth-order valence-electron chi connectivity index (χ4n) is 1.34. The van der Waals surface area contributed by atoms with E-state index < -0.39 is 10.9 Å². The number of nitro groups is 1. The number of hydrogen-bond acceptors (Lipinski definition) is 4. The molecule has 0 N–H and O–H groups in total. The first-order valence-corrected chi connectivity index (χ1v) is 4.98. The topological polar surface area (TPSA) is 69.4 Å². The molecule has 1 rings (SSSR count). The van der Waals surface area contributed by atoms with Crippen molar-refractivity contribution in [1.29, 1.82) is 0 Å². The van der Waals surface area contributed by atoms with Gasteiger partial charge in [-0.3, -0.25) is 14.9 Å². The maximum Gasteiger partial charge on any atom is 0.314 e. The summed E-state index contributed by atoms with van der Waals surface area (Å²) >= 11 is 5.77. The first kappa shape index (κ1) is 12.4. The van der Waals surface area contributed by atoms with Gasteiger partial charge in [0.1, 0.15) is 0 Å². The third kappa shape index (κ3) is 2.70. The fraction of sp³-hybridized carbons (Fsp3) is 0.300. The van der Waals surface area contributed by atoms with Gasteiger partial charge in [-0.2, -0.15) is 0 Å². The average Bonchev–Trinajstić information content (AvgIpc) is 2.14. The van der Waals surface area contributed by atoms with Gasteiger partial charge in [-0.05, 0) is 12.5 Å². The van der Waals surface area contributed by atoms with Gasteiger partial charge in [0, 0.05) is 23.6 Å². The zero-order valence-corrected chi connectivity index (χ0v) is 9.58. The Morgan fingerprint density at radius 1 is 1.56 bits per heavy atom. The van der Waals surface area contributed by atoms with Crippen LogP contribution in [0.25, 0.3) is 0 Å². The molecule has 0 atom stereocenters. The lowest BCUT2D eigenvalue weighted by molar-refractivity contribution is -0.386. The summed E-state index contributed by atoms with van der Waals surface area (Å²) < 4.78 is 4.76. The highest BCUT2D eigenvalue weighted by Gasteiger charge is 2.22. The summed E-state index contributed by atoms with van der Waals surface area (Å²) in [4.78, 5) is 21.1. The number of carbonyl (C=O) groups is 1. The van der Waals surface area contributed by atoms with Crippen LogP contribution in [0.2, 0.25) is 5.02 Å². The predicted molar refractivity (Wildman–Crippen MR) is 58.8 cm³/mol. The van der Waals surface area contributed by atoms with Gasteiger partial charge in [-0.1, -0.05) is 18.5 Å². The number of hydrogen-bond donors (Lipinski definition) is 0. The molecule has 0 heterocycles. The molecule has 0 aliphatic rings. The molecule has 0 aliphatic heterocycles. The van der Waals surface area contributed by atoms with Crippen LogP contribution >= 0.6 is 11.6 Å². The van der Waals surface area contributed by atoms with Crippen LogP contribution in [0.1, 0.15) is 19.4 Å². The summed E-state index contributed by atoms with van der Waals surface area (Å²) in [6, 6.07) is 2.76. The first-order chi connectivity index (χ1) is 7.45. The lowest BCUT2D eigenvalue weighted by Gasteiger charge is -2.06. The second-order valence-electron chi connectivity index (χ2n) is 3.12. The number of carbonyl (C=O) groups excluding carboxylic acids is 1. The Kier molecular flexibility index (Phi) is 3.84. The molecular formula is C10H10ClNO4. The number of nitro benzene ring substituents is 1. The van der Waals surface area contributed by atoms with Crippen molar-refractivity contribution in [2.24, 2.45) is 0 Å². The fourth-order valence-corrected chi connectivity index (χ4v) is 1.57. The molecule has 0 radical (unpaired) electrons. The van der Waals surface area contributed by atoms with Crippen LogP contribution in [0, 0.1) is 10.1 Å². The largest absolute Gasteiger partial charge is 0.419 e. The summed E-state index contributed by atoms with van der Waals surface area (Å²) in [6.45, 7) is 2.94. The van der Waals surface area contributed by atoms with Crippen molar-refractivity contribution in [3.05, 3.63) is 32.8 Å². The summed E-state index contributed by atoms with van der Waals surface area (Å²) in [7, 11) is 0. The van der Waals surface area contributed by atoms with E-state index in [1.807, 2.05) is 0 Å². The van der Waals surface area contributed by atoms with Crippen molar-refractivity contribution in [3.8, 4) is 5.75 Å². The van der Waals surface area contributed by atoms with Gasteiger partial charge in [0.15, 0.2) is 0 Å². The van der Waals surface area contributed by atoms with Crippen LogP contribution in [0.15, 0.2) is 12.1 Å². The minimum atomic E-state index is -0.618. The monoisotopic (exact) mass is 243 g/mol. The predicted octanol–water partition coefficient (Wildman–Crippen LogP) is 2.74. The molecule has 6 heteroatoms. The number of nitrogens with zero attached hydrogens (tertiary/aromatic N) is 1. The second-order valence-corrected chi connectivity index (χ2v) is 3.55. The quantitative estimate of drug-likeness (QED) is 0.354. The van der Waals surface area contributed by atoms with Crippen LogP contribution in [0.3, 0.4) is 0 Å². The van der Waals surface area contributed by atoms with Crippen molar-refractivity contribution in [2.45, 2.75) is 20.3 Å². The summed E-state index contributed by atoms with van der Waals surface area (Å²) in [5.41, 5.74) is 0.232. The highest BCUT2D eigenvalue weighted by atomic mass is 35.5. The number of esters is 1. The molecule has 0 spiro atoms. The van der Waals surface area contributed by atoms with Gasteiger partial charge in [-0.25, -0.2) is 0 Å². The van der Waals surface area contributed by atoms with Crippen molar-refractivity contribution in [2.75, 3.05) is 0 Å². The number of halogens is 1. The molecule has 0 bridgehead atoms. The van der Waals surface area contributed by atoms with E-state index in [0.29, 0.717) is 17.0 Å². The van der Waals surface area contributed by atoms with Crippen LogP contribution in [-0.4, -0.2) is 10.9 Å². The molecule has 0 fully saturated rings. The summed E-state index contributed by atoms with van der Waals surface area (Å²) in [5, 5.41) is 11.2. The molecule has 0 saturated heterocycles. The highest BCUT2D eigenvalue weighted by molar-refractivity contribution is 6.30. The van der Waals surface area contributed by atoms with E-state index in [9.17, 15) is 14.9 Å². The Morgan fingerprint density at radius 3 is 2.62 bits per heavy atom. The Bertz CT molecular complexity index is 445. The van der Waals surface area contributed by atoms with Crippen LogP contribution in [-0.2, 0) is 11.2 Å². The Labute approximate surface area is 97.1 Å². The van der Waals surface area contributed by atoms with E-state index in [1.165, 1.54) is 19.1 Å². The summed E-state index contributed by atoms with van der Waals surface area (Å²) in [5.74, 6) is -0.728. The minimum Gasteiger partial charge on any atom is -0.419 e. The Morgan fingerprint density at radius 2 is 2.19 bits per heavy atom. The lowest BCUT2D eigenvalue weighted by Crippen LogP contribution is -2.05. The molecule has 86 valence electrons. The Balaban J connectivity index is 3.37. The molecular weight excluding hydrogens is 234 g/mol.